The number of amides is 2. The normalized spacial score (nSPS) is 17.9. The number of nitrogens with one attached hydrogen (secondary N) is 3. The number of hydrogen-bond donors (Lipinski definition) is 3. The molecule has 3 N–H and O–H groups in total. The lowest BCUT2D eigenvalue weighted by Crippen LogP contribution is -2.16. The average molecular weight is 649 g/mol. The summed E-state index contributed by atoms with van der Waals surface area (Å²) in [6.45, 7) is 0. The third-order valence-corrected chi connectivity index (χ3v) is 8.37. The number of aliphatic imine (C=N–C) groups is 1. The van der Waals surface area contributed by atoms with E-state index in [2.05, 4.69) is 15.6 Å². The zero-order chi connectivity index (χ0) is 33.9. The summed E-state index contributed by atoms with van der Waals surface area (Å²) in [4.78, 5) is 33.3. The molecule has 0 bridgehead atoms. The third-order valence-electron chi connectivity index (χ3n) is 8.37. The smallest absolute Gasteiger partial charge is 0.248 e. The quantitative estimate of drug-likeness (QED) is 0.196. The van der Waals surface area contributed by atoms with E-state index < -0.39 is 0 Å². The molecule has 49 heavy (non-hydrogen) atoms. The van der Waals surface area contributed by atoms with E-state index in [1.54, 1.807) is 33.5 Å². The van der Waals surface area contributed by atoms with Gasteiger partial charge in [0.1, 0.15) is 17.2 Å². The number of allylic oxidation sites excluding steroid dienone is 5. The molecule has 0 spiro atoms. The van der Waals surface area contributed by atoms with Crippen LogP contribution in [0.15, 0.2) is 143 Å². The lowest BCUT2D eigenvalue weighted by atomic mass is 9.98. The van der Waals surface area contributed by atoms with Crippen LogP contribution < -0.4 is 24.8 Å². The highest BCUT2D eigenvalue weighted by Crippen LogP contribution is 2.36. The van der Waals surface area contributed by atoms with E-state index in [1.165, 1.54) is 12.2 Å². The molecule has 0 saturated heterocycles. The van der Waals surface area contributed by atoms with Gasteiger partial charge < -0.3 is 29.8 Å². The number of aromatic amines is 1. The molecule has 0 fully saturated rings. The van der Waals surface area contributed by atoms with Gasteiger partial charge in [0.05, 0.1) is 44.1 Å². The van der Waals surface area contributed by atoms with E-state index in [0.29, 0.717) is 17.1 Å². The van der Waals surface area contributed by atoms with Crippen molar-refractivity contribution in [2.75, 3.05) is 21.3 Å². The summed E-state index contributed by atoms with van der Waals surface area (Å²) < 4.78 is 16.2. The fourth-order valence-electron chi connectivity index (χ4n) is 5.98. The van der Waals surface area contributed by atoms with Crippen LogP contribution in [-0.2, 0) is 9.59 Å². The van der Waals surface area contributed by atoms with Crippen LogP contribution in [0, 0.1) is 0 Å². The van der Waals surface area contributed by atoms with Crippen LogP contribution in [0.2, 0.25) is 0 Å². The topological polar surface area (TPSA) is 114 Å². The van der Waals surface area contributed by atoms with Crippen LogP contribution >= 0.6 is 0 Å². The van der Waals surface area contributed by atoms with Crippen LogP contribution in [-0.4, -0.2) is 43.8 Å². The van der Waals surface area contributed by atoms with Crippen LogP contribution in [0.5, 0.6) is 17.2 Å². The van der Waals surface area contributed by atoms with Gasteiger partial charge in [-0.25, -0.2) is 4.99 Å². The minimum Gasteiger partial charge on any atom is -0.497 e. The minimum atomic E-state index is -0.188. The van der Waals surface area contributed by atoms with Crippen molar-refractivity contribution in [1.29, 1.82) is 0 Å². The Morgan fingerprint density at radius 2 is 0.918 bits per heavy atom. The van der Waals surface area contributed by atoms with Gasteiger partial charge in [0.25, 0.3) is 0 Å². The van der Waals surface area contributed by atoms with Crippen molar-refractivity contribution in [3.63, 3.8) is 0 Å². The molecule has 4 aromatic rings. The molecule has 4 heterocycles. The van der Waals surface area contributed by atoms with E-state index in [9.17, 15) is 9.59 Å². The molecule has 0 unspecified atom stereocenters. The van der Waals surface area contributed by atoms with Gasteiger partial charge in [-0.1, -0.05) is 36.4 Å². The maximum atomic E-state index is 12.2. The summed E-state index contributed by atoms with van der Waals surface area (Å²) in [6.07, 6.45) is 10.5. The highest BCUT2D eigenvalue weighted by atomic mass is 16.5. The van der Waals surface area contributed by atoms with E-state index in [1.807, 2.05) is 97.1 Å². The summed E-state index contributed by atoms with van der Waals surface area (Å²) in [5.41, 5.74) is 9.55. The Hall–Kier alpha value is -6.61. The highest BCUT2D eigenvalue weighted by molar-refractivity contribution is 6.32. The molecule has 9 nitrogen and oxygen atoms in total. The summed E-state index contributed by atoms with van der Waals surface area (Å²) in [5.74, 6) is 1.83. The Balaban J connectivity index is 1.37. The monoisotopic (exact) mass is 648 g/mol. The summed E-state index contributed by atoms with van der Waals surface area (Å²) in [6, 6.07) is 27.2. The summed E-state index contributed by atoms with van der Waals surface area (Å²) >= 11 is 0. The Labute approximate surface area is 283 Å². The van der Waals surface area contributed by atoms with Crippen molar-refractivity contribution in [3.8, 4) is 17.2 Å². The van der Waals surface area contributed by atoms with Crippen LogP contribution in [0.1, 0.15) is 28.1 Å². The van der Waals surface area contributed by atoms with E-state index in [-0.39, 0.29) is 11.8 Å². The van der Waals surface area contributed by atoms with Crippen molar-refractivity contribution in [2.45, 2.75) is 0 Å². The predicted octanol–water partition coefficient (Wildman–Crippen LogP) is 6.35. The van der Waals surface area contributed by atoms with Crippen LogP contribution in [0.25, 0.3) is 16.7 Å². The number of nitrogens with zero attached hydrogens (tertiary/aromatic N) is 1. The first-order valence-corrected chi connectivity index (χ1v) is 15.5. The maximum Gasteiger partial charge on any atom is 0.248 e. The molecule has 3 aliphatic heterocycles. The first kappa shape index (κ1) is 31.0. The Morgan fingerprint density at radius 3 is 1.37 bits per heavy atom. The van der Waals surface area contributed by atoms with E-state index in [0.717, 1.165) is 67.7 Å². The number of rotatable bonds is 9. The molecule has 3 aromatic carbocycles. The van der Waals surface area contributed by atoms with Crippen molar-refractivity contribution in [2.24, 2.45) is 4.99 Å². The number of benzene rings is 3. The van der Waals surface area contributed by atoms with Crippen molar-refractivity contribution >= 4 is 34.2 Å². The van der Waals surface area contributed by atoms with Gasteiger partial charge in [0, 0.05) is 40.3 Å². The zero-order valence-electron chi connectivity index (χ0n) is 27.0. The second-order valence-corrected chi connectivity index (χ2v) is 11.3. The van der Waals surface area contributed by atoms with Gasteiger partial charge in [-0.15, -0.1) is 0 Å². The van der Waals surface area contributed by atoms with Crippen molar-refractivity contribution < 1.29 is 23.8 Å². The Kier molecular flexibility index (Phi) is 8.39. The number of H-pyrrole nitrogens is 1. The summed E-state index contributed by atoms with van der Waals surface area (Å²) in [7, 11) is 4.89. The molecule has 0 atom stereocenters. The maximum absolute atomic E-state index is 12.2. The van der Waals surface area contributed by atoms with Gasteiger partial charge in [0.2, 0.25) is 11.8 Å². The second kappa shape index (κ2) is 13.2. The number of methoxy groups -OCH3 is 3. The van der Waals surface area contributed by atoms with Gasteiger partial charge in [-0.2, -0.15) is 0 Å². The first-order valence-electron chi connectivity index (χ1n) is 15.5. The minimum absolute atomic E-state index is 0.179. The molecule has 2 amide bonds. The molecule has 0 saturated carbocycles. The molecular weight excluding hydrogens is 616 g/mol. The molecule has 0 aliphatic carbocycles. The highest BCUT2D eigenvalue weighted by Gasteiger charge is 2.24. The predicted molar refractivity (Wildman–Crippen MR) is 190 cm³/mol. The molecule has 7 rings (SSSR count). The SMILES string of the molecule is COc1ccc(/C(C2=N/C(=C(/c3ccc(OC)cc3)c3ccc(/C(=C4/C=CC(=O)N4)c4ccc(OC)cc4)[nH]3)C=C2)=C2\C=CC(=O)N2)cc1. The van der Waals surface area contributed by atoms with Crippen molar-refractivity contribution in [3.05, 3.63) is 167 Å². The molecule has 9 heteroatoms. The Morgan fingerprint density at radius 1 is 0.490 bits per heavy atom. The standard InChI is InChI=1S/C40H32N4O5/c1-47-27-10-4-24(5-11-27)38(30-16-18-32(41-30)39(34-20-22-36(45)43-34)25-6-12-28(48-2)13-7-25)31-17-19-33(42-31)40(35-21-23-37(46)44-35)26-8-14-29(49-3)15-9-26/h4-23,41H,1-3H3,(H,43,45)(H,44,46)/b38-31-,39-34-,40-35-. The van der Waals surface area contributed by atoms with E-state index in [4.69, 9.17) is 19.2 Å². The lowest BCUT2D eigenvalue weighted by molar-refractivity contribution is -0.116. The number of ether oxygens (including phenoxy) is 3. The number of carbonyl (C=O) groups excluding carboxylic acids is 2. The van der Waals surface area contributed by atoms with Gasteiger partial charge >= 0.3 is 0 Å². The number of carbonyl (C=O) groups is 2. The molecule has 1 aromatic heterocycles. The molecule has 0 radical (unpaired) electrons. The molecular formula is C40H32N4O5. The van der Waals surface area contributed by atoms with Gasteiger partial charge in [-0.05, 0) is 89.5 Å². The zero-order valence-corrected chi connectivity index (χ0v) is 27.0. The van der Waals surface area contributed by atoms with Crippen LogP contribution in [0.3, 0.4) is 0 Å². The van der Waals surface area contributed by atoms with Gasteiger partial charge in [0.15, 0.2) is 0 Å². The number of hydrogen-bond acceptors (Lipinski definition) is 6. The Bertz CT molecular complexity index is 2180. The van der Waals surface area contributed by atoms with Crippen molar-refractivity contribution in [1.82, 2.24) is 15.6 Å². The van der Waals surface area contributed by atoms with Gasteiger partial charge in [-0.3, -0.25) is 9.59 Å². The third kappa shape index (κ3) is 6.25. The fourth-order valence-corrected chi connectivity index (χ4v) is 5.98. The fraction of sp³-hybridized carbons (Fsp3) is 0.0750. The average Bonchev–Trinajstić information content (AvgIpc) is 3.97. The van der Waals surface area contributed by atoms with Crippen LogP contribution in [0.4, 0.5) is 0 Å². The second-order valence-electron chi connectivity index (χ2n) is 11.3. The lowest BCUT2D eigenvalue weighted by Gasteiger charge is -2.13. The van der Waals surface area contributed by atoms with E-state index >= 15 is 0 Å². The molecule has 3 aliphatic rings. The summed E-state index contributed by atoms with van der Waals surface area (Å²) in [5, 5.41) is 5.90. The molecule has 242 valence electrons. The number of aromatic nitrogens is 1. The first-order chi connectivity index (χ1) is 23.9. The largest absolute Gasteiger partial charge is 0.497 e.